The Balaban J connectivity index is 1.71. The first-order valence-corrected chi connectivity index (χ1v) is 8.08. The Morgan fingerprint density at radius 1 is 1.09 bits per heavy atom. The highest BCUT2D eigenvalue weighted by atomic mass is 79.9. The predicted octanol–water partition coefficient (Wildman–Crippen LogP) is 3.86. The molecule has 2 N–H and O–H groups in total. The monoisotopic (exact) mass is 370 g/mol. The zero-order valence-electron chi connectivity index (χ0n) is 12.3. The van der Waals surface area contributed by atoms with Gasteiger partial charge in [-0.2, -0.15) is 0 Å². The van der Waals surface area contributed by atoms with Gasteiger partial charge < -0.3 is 10.3 Å². The number of halogens is 1. The summed E-state index contributed by atoms with van der Waals surface area (Å²) in [6.45, 7) is 0. The smallest absolute Gasteiger partial charge is 0.251 e. The van der Waals surface area contributed by atoms with E-state index >= 15 is 0 Å². The zero-order chi connectivity index (χ0) is 16.2. The molecule has 2 aromatic carbocycles. The molecule has 0 aliphatic rings. The van der Waals surface area contributed by atoms with Gasteiger partial charge in [0.25, 0.3) is 5.56 Å². The number of carbonyl (C=O) groups is 1. The van der Waals surface area contributed by atoms with Crippen molar-refractivity contribution in [2.75, 3.05) is 5.32 Å². The highest BCUT2D eigenvalue weighted by molar-refractivity contribution is 9.10. The van der Waals surface area contributed by atoms with Crippen LogP contribution in [0.4, 0.5) is 5.69 Å². The maximum atomic E-state index is 12.1. The Bertz CT molecular complexity index is 918. The number of carbonyl (C=O) groups excluding carboxylic acids is 1. The molecule has 0 radical (unpaired) electrons. The third kappa shape index (κ3) is 3.68. The van der Waals surface area contributed by atoms with Crippen LogP contribution in [0, 0.1) is 0 Å². The van der Waals surface area contributed by atoms with E-state index < -0.39 is 0 Å². The first-order chi connectivity index (χ1) is 11.1. The molecule has 0 aliphatic heterocycles. The lowest BCUT2D eigenvalue weighted by Crippen LogP contribution is -2.17. The van der Waals surface area contributed by atoms with E-state index in [0.29, 0.717) is 12.0 Å². The zero-order valence-corrected chi connectivity index (χ0v) is 13.9. The molecule has 0 saturated carbocycles. The van der Waals surface area contributed by atoms with Gasteiger partial charge in [-0.15, -0.1) is 0 Å². The molecule has 5 heteroatoms. The van der Waals surface area contributed by atoms with Gasteiger partial charge in [0.05, 0.1) is 5.69 Å². The first-order valence-electron chi connectivity index (χ1n) is 7.29. The fraction of sp³-hybridized carbons (Fsp3) is 0.111. The van der Waals surface area contributed by atoms with Crippen LogP contribution >= 0.6 is 15.9 Å². The van der Waals surface area contributed by atoms with Crippen LogP contribution in [0.2, 0.25) is 0 Å². The fourth-order valence-electron chi connectivity index (χ4n) is 2.40. The van der Waals surface area contributed by atoms with Crippen molar-refractivity contribution in [3.63, 3.8) is 0 Å². The molecular formula is C18H15BrN2O2. The van der Waals surface area contributed by atoms with Crippen molar-refractivity contribution in [2.45, 2.75) is 12.8 Å². The van der Waals surface area contributed by atoms with Crippen LogP contribution in [-0.2, 0) is 11.2 Å². The number of aromatic nitrogens is 1. The van der Waals surface area contributed by atoms with Gasteiger partial charge in [0.2, 0.25) is 5.91 Å². The molecule has 0 saturated heterocycles. The molecule has 4 nitrogen and oxygen atoms in total. The Labute approximate surface area is 141 Å². The maximum absolute atomic E-state index is 12.1. The number of H-pyrrole nitrogens is 1. The molecule has 1 aromatic heterocycles. The number of para-hydroxylation sites is 2. The van der Waals surface area contributed by atoms with Gasteiger partial charge in [-0.1, -0.05) is 30.3 Å². The summed E-state index contributed by atoms with van der Waals surface area (Å²) in [4.78, 5) is 27.0. The summed E-state index contributed by atoms with van der Waals surface area (Å²) in [7, 11) is 0. The van der Waals surface area contributed by atoms with Gasteiger partial charge in [-0.05, 0) is 52.0 Å². The van der Waals surface area contributed by atoms with E-state index in [1.54, 1.807) is 0 Å². The molecule has 0 spiro atoms. The van der Waals surface area contributed by atoms with Crippen molar-refractivity contribution in [1.29, 1.82) is 0 Å². The second-order valence-electron chi connectivity index (χ2n) is 5.24. The number of hydrogen-bond acceptors (Lipinski definition) is 2. The van der Waals surface area contributed by atoms with E-state index in [4.69, 9.17) is 0 Å². The Hall–Kier alpha value is -2.40. The van der Waals surface area contributed by atoms with Crippen LogP contribution in [0.1, 0.15) is 12.0 Å². The summed E-state index contributed by atoms with van der Waals surface area (Å²) in [5, 5.41) is 3.81. The summed E-state index contributed by atoms with van der Waals surface area (Å²) in [6.07, 6.45) is 0.652. The molecule has 0 unspecified atom stereocenters. The summed E-state index contributed by atoms with van der Waals surface area (Å²) in [5.41, 5.74) is 2.01. The molecule has 0 atom stereocenters. The van der Waals surface area contributed by atoms with Crippen LogP contribution in [0.3, 0.4) is 0 Å². The minimum atomic E-state index is -0.141. The summed E-state index contributed by atoms with van der Waals surface area (Å²) in [6, 6.07) is 16.9. The van der Waals surface area contributed by atoms with Crippen molar-refractivity contribution >= 4 is 38.4 Å². The van der Waals surface area contributed by atoms with Gasteiger partial charge in [-0.25, -0.2) is 0 Å². The van der Waals surface area contributed by atoms with Crippen LogP contribution in [0.15, 0.2) is 63.9 Å². The summed E-state index contributed by atoms with van der Waals surface area (Å²) >= 11 is 3.39. The standard InChI is InChI=1S/C18H15BrN2O2/c19-14-6-2-4-8-16(14)20-17(22)10-9-13-11-12-5-1-3-7-15(12)21-18(13)23/h1-8,11H,9-10H2,(H,20,22)(H,21,23). The van der Waals surface area contributed by atoms with E-state index in [2.05, 4.69) is 26.2 Å². The number of amides is 1. The van der Waals surface area contributed by atoms with E-state index in [9.17, 15) is 9.59 Å². The van der Waals surface area contributed by atoms with Crippen LogP contribution in [0.5, 0.6) is 0 Å². The number of pyridine rings is 1. The van der Waals surface area contributed by atoms with Crippen molar-refractivity contribution < 1.29 is 4.79 Å². The lowest BCUT2D eigenvalue weighted by molar-refractivity contribution is -0.116. The average molecular weight is 371 g/mol. The quantitative estimate of drug-likeness (QED) is 0.732. The number of aryl methyl sites for hydroxylation is 1. The normalized spacial score (nSPS) is 10.7. The number of aromatic amines is 1. The Morgan fingerprint density at radius 3 is 2.65 bits per heavy atom. The minimum absolute atomic E-state index is 0.121. The van der Waals surface area contributed by atoms with E-state index in [1.165, 1.54) is 0 Å². The molecule has 1 heterocycles. The van der Waals surface area contributed by atoms with Gasteiger partial charge in [0.15, 0.2) is 0 Å². The third-order valence-corrected chi connectivity index (χ3v) is 4.29. The molecule has 1 amide bonds. The molecule has 0 fully saturated rings. The highest BCUT2D eigenvalue weighted by Gasteiger charge is 2.08. The Kier molecular flexibility index (Phi) is 4.57. The van der Waals surface area contributed by atoms with Crippen LogP contribution in [0.25, 0.3) is 10.9 Å². The first kappa shape index (κ1) is 15.5. The van der Waals surface area contributed by atoms with Crippen molar-refractivity contribution in [1.82, 2.24) is 4.98 Å². The second-order valence-corrected chi connectivity index (χ2v) is 6.09. The van der Waals surface area contributed by atoms with Crippen LogP contribution in [-0.4, -0.2) is 10.9 Å². The largest absolute Gasteiger partial charge is 0.325 e. The lowest BCUT2D eigenvalue weighted by Gasteiger charge is -2.07. The molecule has 0 bridgehead atoms. The third-order valence-electron chi connectivity index (χ3n) is 3.60. The number of benzene rings is 2. The summed E-state index contributed by atoms with van der Waals surface area (Å²) < 4.78 is 0.830. The predicted molar refractivity (Wildman–Crippen MR) is 95.7 cm³/mol. The molecule has 3 aromatic rings. The molecule has 23 heavy (non-hydrogen) atoms. The SMILES string of the molecule is O=C(CCc1cc2ccccc2[nH]c1=O)Nc1ccccc1Br. The van der Waals surface area contributed by atoms with Gasteiger partial charge in [0, 0.05) is 22.0 Å². The molecule has 3 rings (SSSR count). The van der Waals surface area contributed by atoms with Crippen molar-refractivity contribution in [3.05, 3.63) is 75.0 Å². The van der Waals surface area contributed by atoms with Gasteiger partial charge >= 0.3 is 0 Å². The van der Waals surface area contributed by atoms with Gasteiger partial charge in [-0.3, -0.25) is 9.59 Å². The number of rotatable bonds is 4. The molecule has 0 aliphatic carbocycles. The fourth-order valence-corrected chi connectivity index (χ4v) is 2.79. The summed E-state index contributed by atoms with van der Waals surface area (Å²) in [5.74, 6) is -0.121. The molecule has 116 valence electrons. The van der Waals surface area contributed by atoms with Gasteiger partial charge in [0.1, 0.15) is 0 Å². The lowest BCUT2D eigenvalue weighted by atomic mass is 10.1. The topological polar surface area (TPSA) is 62.0 Å². The maximum Gasteiger partial charge on any atom is 0.251 e. The average Bonchev–Trinajstić information content (AvgIpc) is 2.55. The highest BCUT2D eigenvalue weighted by Crippen LogP contribution is 2.21. The number of anilines is 1. The van der Waals surface area contributed by atoms with E-state index in [-0.39, 0.29) is 17.9 Å². The van der Waals surface area contributed by atoms with Crippen molar-refractivity contribution in [3.8, 4) is 0 Å². The number of fused-ring (bicyclic) bond motifs is 1. The Morgan fingerprint density at radius 2 is 1.83 bits per heavy atom. The molecular weight excluding hydrogens is 356 g/mol. The van der Waals surface area contributed by atoms with Crippen molar-refractivity contribution in [2.24, 2.45) is 0 Å². The second kappa shape index (κ2) is 6.79. The number of hydrogen-bond donors (Lipinski definition) is 2. The number of nitrogens with one attached hydrogen (secondary N) is 2. The minimum Gasteiger partial charge on any atom is -0.325 e. The van der Waals surface area contributed by atoms with E-state index in [1.807, 2.05) is 54.6 Å². The van der Waals surface area contributed by atoms with E-state index in [0.717, 1.165) is 21.1 Å². The van der Waals surface area contributed by atoms with Crippen LogP contribution < -0.4 is 10.9 Å².